The topological polar surface area (TPSA) is 104 Å². The van der Waals surface area contributed by atoms with Crippen LogP contribution in [-0.2, 0) is 0 Å². The number of aromatic nitrogens is 2. The molecule has 2 bridgehead atoms. The number of furan rings is 1. The van der Waals surface area contributed by atoms with Crippen molar-refractivity contribution in [2.75, 3.05) is 11.9 Å². The van der Waals surface area contributed by atoms with Gasteiger partial charge in [0.25, 0.3) is 5.91 Å². The zero-order valence-corrected chi connectivity index (χ0v) is 18.8. The summed E-state index contributed by atoms with van der Waals surface area (Å²) in [5, 5.41) is 26.8. The second-order valence-electron chi connectivity index (χ2n) is 9.77. The first kappa shape index (κ1) is 20.5. The molecule has 8 heteroatoms. The van der Waals surface area contributed by atoms with E-state index in [2.05, 4.69) is 32.8 Å². The Bertz CT molecular complexity index is 1170. The van der Waals surface area contributed by atoms with Crippen molar-refractivity contribution in [1.82, 2.24) is 20.8 Å². The molecule has 172 valence electrons. The molecular formula is C25H29N5O3. The van der Waals surface area contributed by atoms with E-state index in [1.165, 1.54) is 19.3 Å². The first-order valence-corrected chi connectivity index (χ1v) is 11.9. The monoisotopic (exact) mass is 447 g/mol. The van der Waals surface area contributed by atoms with Gasteiger partial charge in [0.2, 0.25) is 0 Å². The molecule has 2 saturated heterocycles. The lowest BCUT2D eigenvalue weighted by Gasteiger charge is -2.43. The standard InChI is InChI=1S/C25H29N5O3/c1-30(18-11-16-3-2-4-17(12-18)26-16)24-8-7-20(28-29-24)19-13-22-14(9-21(19)31)10-23(33-22)25(32)27-15-5-6-15/h7-10,13,15-18,26,31H,2-6,11-12H2,1H3,(H,27,32)/t16-,17+,18+. The largest absolute Gasteiger partial charge is 0.507 e. The highest BCUT2D eigenvalue weighted by Gasteiger charge is 2.33. The number of phenolic OH excluding ortho intramolecular Hbond substituents is 1. The highest BCUT2D eigenvalue weighted by molar-refractivity contribution is 5.97. The SMILES string of the molecule is CN(c1ccc(-c2cc3oc(C(=O)NC4CC4)cc3cc2O)nn1)[C@H]1C[C@H]2CCC[C@@H](C1)N2. The summed E-state index contributed by atoms with van der Waals surface area (Å²) in [7, 11) is 2.09. The Morgan fingerprint density at radius 1 is 1.12 bits per heavy atom. The molecule has 8 nitrogen and oxygen atoms in total. The number of hydrogen-bond donors (Lipinski definition) is 3. The van der Waals surface area contributed by atoms with Crippen LogP contribution in [0.4, 0.5) is 5.82 Å². The average Bonchev–Trinajstić information content (AvgIpc) is 3.53. The van der Waals surface area contributed by atoms with Crippen LogP contribution in [0.2, 0.25) is 0 Å². The van der Waals surface area contributed by atoms with E-state index in [1.54, 1.807) is 18.2 Å². The third-order valence-corrected chi connectivity index (χ3v) is 7.30. The van der Waals surface area contributed by atoms with Crippen LogP contribution in [0.15, 0.2) is 34.7 Å². The van der Waals surface area contributed by atoms with Crippen LogP contribution in [0, 0.1) is 0 Å². The molecule has 3 fully saturated rings. The van der Waals surface area contributed by atoms with Gasteiger partial charge in [-0.05, 0) is 68.9 Å². The van der Waals surface area contributed by atoms with E-state index in [0.29, 0.717) is 40.4 Å². The van der Waals surface area contributed by atoms with Crippen molar-refractivity contribution < 1.29 is 14.3 Å². The van der Waals surface area contributed by atoms with Gasteiger partial charge in [-0.2, -0.15) is 0 Å². The second-order valence-corrected chi connectivity index (χ2v) is 9.77. The molecule has 2 aliphatic heterocycles. The molecule has 1 aliphatic carbocycles. The summed E-state index contributed by atoms with van der Waals surface area (Å²) in [6, 6.07) is 10.7. The Morgan fingerprint density at radius 2 is 1.91 bits per heavy atom. The van der Waals surface area contributed by atoms with E-state index in [1.807, 2.05) is 12.1 Å². The van der Waals surface area contributed by atoms with E-state index in [4.69, 9.17) is 4.42 Å². The van der Waals surface area contributed by atoms with E-state index in [-0.39, 0.29) is 23.5 Å². The number of phenols is 1. The van der Waals surface area contributed by atoms with E-state index < -0.39 is 0 Å². The van der Waals surface area contributed by atoms with Gasteiger partial charge >= 0.3 is 0 Å². The number of amides is 1. The zero-order valence-electron chi connectivity index (χ0n) is 18.8. The minimum atomic E-state index is -0.219. The number of rotatable bonds is 5. The fourth-order valence-corrected chi connectivity index (χ4v) is 5.27. The summed E-state index contributed by atoms with van der Waals surface area (Å²) < 4.78 is 5.77. The molecule has 1 saturated carbocycles. The number of anilines is 1. The molecule has 0 spiro atoms. The van der Waals surface area contributed by atoms with Gasteiger partial charge in [0.1, 0.15) is 11.3 Å². The van der Waals surface area contributed by atoms with Crippen molar-refractivity contribution in [3.8, 4) is 17.0 Å². The number of benzene rings is 1. The van der Waals surface area contributed by atoms with Gasteiger partial charge in [-0.3, -0.25) is 4.79 Å². The highest BCUT2D eigenvalue weighted by atomic mass is 16.3. The summed E-state index contributed by atoms with van der Waals surface area (Å²) in [6.45, 7) is 0. The Kier molecular flexibility index (Phi) is 4.98. The summed E-state index contributed by atoms with van der Waals surface area (Å²) in [5.41, 5.74) is 1.63. The van der Waals surface area contributed by atoms with Gasteiger partial charge < -0.3 is 25.1 Å². The quantitative estimate of drug-likeness (QED) is 0.549. The average molecular weight is 448 g/mol. The van der Waals surface area contributed by atoms with E-state index in [9.17, 15) is 9.90 Å². The van der Waals surface area contributed by atoms with Crippen LogP contribution in [0.3, 0.4) is 0 Å². The number of fused-ring (bicyclic) bond motifs is 3. The predicted molar refractivity (Wildman–Crippen MR) is 125 cm³/mol. The maximum atomic E-state index is 12.3. The van der Waals surface area contributed by atoms with Gasteiger partial charge in [0.15, 0.2) is 11.6 Å². The molecule has 2 aromatic heterocycles. The van der Waals surface area contributed by atoms with Gasteiger partial charge in [-0.1, -0.05) is 6.42 Å². The third-order valence-electron chi connectivity index (χ3n) is 7.30. The van der Waals surface area contributed by atoms with Crippen molar-refractivity contribution in [3.05, 3.63) is 36.1 Å². The number of piperidine rings is 2. The minimum Gasteiger partial charge on any atom is -0.507 e. The molecule has 33 heavy (non-hydrogen) atoms. The van der Waals surface area contributed by atoms with Crippen molar-refractivity contribution in [1.29, 1.82) is 0 Å². The smallest absolute Gasteiger partial charge is 0.287 e. The van der Waals surface area contributed by atoms with Crippen molar-refractivity contribution in [2.45, 2.75) is 69.1 Å². The molecule has 1 aromatic carbocycles. The summed E-state index contributed by atoms with van der Waals surface area (Å²) in [5.74, 6) is 0.951. The number of nitrogens with zero attached hydrogens (tertiary/aromatic N) is 3. The molecule has 0 unspecified atom stereocenters. The maximum Gasteiger partial charge on any atom is 0.287 e. The molecule has 0 radical (unpaired) electrons. The molecule has 4 heterocycles. The maximum absolute atomic E-state index is 12.3. The lowest BCUT2D eigenvalue weighted by atomic mass is 9.83. The molecule has 3 N–H and O–H groups in total. The molecule has 6 rings (SSSR count). The zero-order chi connectivity index (χ0) is 22.5. The molecule has 3 aliphatic rings. The van der Waals surface area contributed by atoms with Gasteiger partial charge in [-0.25, -0.2) is 0 Å². The number of nitrogens with one attached hydrogen (secondary N) is 2. The Hall–Kier alpha value is -3.13. The van der Waals surface area contributed by atoms with Gasteiger partial charge in [0, 0.05) is 42.2 Å². The normalized spacial score (nSPS) is 24.6. The number of aromatic hydroxyl groups is 1. The van der Waals surface area contributed by atoms with Crippen molar-refractivity contribution in [2.24, 2.45) is 0 Å². The number of carbonyl (C=O) groups excluding carboxylic acids is 1. The van der Waals surface area contributed by atoms with Crippen LogP contribution in [0.5, 0.6) is 5.75 Å². The fourth-order valence-electron chi connectivity index (χ4n) is 5.27. The first-order valence-electron chi connectivity index (χ1n) is 11.9. The fraction of sp³-hybridized carbons (Fsp3) is 0.480. The first-order chi connectivity index (χ1) is 16.0. The second kappa shape index (κ2) is 8.02. The van der Waals surface area contributed by atoms with Crippen LogP contribution in [0.25, 0.3) is 22.2 Å². The number of hydrogen-bond acceptors (Lipinski definition) is 7. The van der Waals surface area contributed by atoms with Gasteiger partial charge in [-0.15, -0.1) is 10.2 Å². The lowest BCUT2D eigenvalue weighted by Crippen LogP contribution is -2.54. The van der Waals surface area contributed by atoms with Crippen LogP contribution in [0.1, 0.15) is 55.5 Å². The summed E-state index contributed by atoms with van der Waals surface area (Å²) >= 11 is 0. The Balaban J connectivity index is 1.22. The van der Waals surface area contributed by atoms with Crippen molar-refractivity contribution in [3.63, 3.8) is 0 Å². The Morgan fingerprint density at radius 3 is 2.61 bits per heavy atom. The minimum absolute atomic E-state index is 0.0824. The molecule has 3 atom stereocenters. The predicted octanol–water partition coefficient (Wildman–Crippen LogP) is 3.60. The summed E-state index contributed by atoms with van der Waals surface area (Å²) in [6.07, 6.45) is 8.11. The Labute approximate surface area is 192 Å². The summed E-state index contributed by atoms with van der Waals surface area (Å²) in [4.78, 5) is 14.5. The molecular weight excluding hydrogens is 418 g/mol. The van der Waals surface area contributed by atoms with Gasteiger partial charge in [0.05, 0.1) is 5.69 Å². The lowest BCUT2D eigenvalue weighted by molar-refractivity contribution is 0.0925. The van der Waals surface area contributed by atoms with Crippen LogP contribution < -0.4 is 15.5 Å². The number of carbonyl (C=O) groups is 1. The van der Waals surface area contributed by atoms with Crippen molar-refractivity contribution >= 4 is 22.7 Å². The van der Waals surface area contributed by atoms with E-state index in [0.717, 1.165) is 31.5 Å². The van der Waals surface area contributed by atoms with Crippen LogP contribution in [-0.4, -0.2) is 52.4 Å². The molecule has 3 aromatic rings. The molecule has 1 amide bonds. The third kappa shape index (κ3) is 4.04. The van der Waals surface area contributed by atoms with E-state index >= 15 is 0 Å². The highest BCUT2D eigenvalue weighted by Crippen LogP contribution is 2.35. The van der Waals surface area contributed by atoms with Crippen LogP contribution >= 0.6 is 0 Å².